The first kappa shape index (κ1) is 14.0. The number of nitrogens with zero attached hydrogens (tertiary/aromatic N) is 1. The number of aromatic nitrogens is 2. The summed E-state index contributed by atoms with van der Waals surface area (Å²) in [5.41, 5.74) is 0.945. The minimum Gasteiger partial charge on any atom is -0.480 e. The normalized spacial score (nSPS) is 10.0. The number of aliphatic carboxylic acids is 1. The Kier molecular flexibility index (Phi) is 6.26. The van der Waals surface area contributed by atoms with Crippen molar-refractivity contribution in [3.63, 3.8) is 0 Å². The van der Waals surface area contributed by atoms with Gasteiger partial charge in [-0.25, -0.2) is 14.6 Å². The summed E-state index contributed by atoms with van der Waals surface area (Å²) >= 11 is 0. The van der Waals surface area contributed by atoms with Crippen molar-refractivity contribution in [3.05, 3.63) is 18.2 Å². The van der Waals surface area contributed by atoms with Crippen LogP contribution in [0.15, 0.2) is 12.5 Å². The Morgan fingerprint density at radius 2 is 2.17 bits per heavy atom. The molecule has 0 spiro atoms. The number of nitrogens with one attached hydrogen (secondary N) is 3. The van der Waals surface area contributed by atoms with Crippen molar-refractivity contribution < 1.29 is 19.4 Å². The van der Waals surface area contributed by atoms with E-state index in [2.05, 4.69) is 20.6 Å². The molecule has 18 heavy (non-hydrogen) atoms. The summed E-state index contributed by atoms with van der Waals surface area (Å²) in [4.78, 5) is 28.1. The summed E-state index contributed by atoms with van der Waals surface area (Å²) in [6.45, 7) is 0.566. The van der Waals surface area contributed by atoms with Crippen molar-refractivity contribution in [2.45, 2.75) is 6.42 Å². The van der Waals surface area contributed by atoms with Crippen LogP contribution in [-0.2, 0) is 16.0 Å². The van der Waals surface area contributed by atoms with Gasteiger partial charge in [-0.1, -0.05) is 0 Å². The molecule has 0 bridgehead atoms. The molecule has 1 heterocycles. The maximum absolute atomic E-state index is 11.2. The molecule has 0 saturated carbocycles. The maximum atomic E-state index is 11.2. The maximum Gasteiger partial charge on any atom is 0.329 e. The smallest absolute Gasteiger partial charge is 0.329 e. The number of carbonyl (C=O) groups excluding carboxylic acids is 1. The highest BCUT2D eigenvalue weighted by Crippen LogP contribution is 1.90. The topological polar surface area (TPSA) is 116 Å². The van der Waals surface area contributed by atoms with Gasteiger partial charge in [-0.05, 0) is 0 Å². The van der Waals surface area contributed by atoms with E-state index in [1.165, 1.54) is 0 Å². The Morgan fingerprint density at radius 3 is 2.83 bits per heavy atom. The first-order valence-electron chi connectivity index (χ1n) is 5.47. The third-order valence-corrected chi connectivity index (χ3v) is 1.99. The molecule has 0 radical (unpaired) electrons. The number of hydrogen-bond donors (Lipinski definition) is 4. The van der Waals surface area contributed by atoms with Gasteiger partial charge in [-0.3, -0.25) is 0 Å². The molecule has 8 nitrogen and oxygen atoms in total. The van der Waals surface area contributed by atoms with E-state index in [9.17, 15) is 9.59 Å². The van der Waals surface area contributed by atoms with Crippen molar-refractivity contribution in [2.75, 3.05) is 26.3 Å². The summed E-state index contributed by atoms with van der Waals surface area (Å²) in [7, 11) is 0. The minimum atomic E-state index is -1.03. The lowest BCUT2D eigenvalue weighted by Gasteiger charge is -2.06. The van der Waals surface area contributed by atoms with Gasteiger partial charge in [0, 0.05) is 31.4 Å². The molecule has 0 unspecified atom stereocenters. The third kappa shape index (κ3) is 6.48. The number of carboxylic acid groups (broad SMARTS) is 1. The minimum absolute atomic E-state index is 0.167. The molecule has 0 saturated heterocycles. The van der Waals surface area contributed by atoms with Gasteiger partial charge in [0.2, 0.25) is 0 Å². The van der Waals surface area contributed by atoms with Crippen LogP contribution in [0.1, 0.15) is 5.69 Å². The largest absolute Gasteiger partial charge is 0.480 e. The van der Waals surface area contributed by atoms with E-state index in [-0.39, 0.29) is 25.8 Å². The van der Waals surface area contributed by atoms with Gasteiger partial charge < -0.3 is 25.5 Å². The van der Waals surface area contributed by atoms with Crippen molar-refractivity contribution in [1.29, 1.82) is 0 Å². The molecular formula is C10H16N4O4. The van der Waals surface area contributed by atoms with Crippen molar-refractivity contribution in [2.24, 2.45) is 0 Å². The van der Waals surface area contributed by atoms with Crippen LogP contribution in [-0.4, -0.2) is 53.4 Å². The first-order valence-corrected chi connectivity index (χ1v) is 5.47. The monoisotopic (exact) mass is 256 g/mol. The summed E-state index contributed by atoms with van der Waals surface area (Å²) in [6.07, 6.45) is 3.94. The number of ether oxygens (including phenoxy) is 1. The van der Waals surface area contributed by atoms with Crippen LogP contribution in [0, 0.1) is 0 Å². The number of H-pyrrole nitrogens is 1. The fourth-order valence-electron chi connectivity index (χ4n) is 1.19. The Morgan fingerprint density at radius 1 is 1.39 bits per heavy atom. The van der Waals surface area contributed by atoms with E-state index >= 15 is 0 Å². The zero-order chi connectivity index (χ0) is 13.2. The van der Waals surface area contributed by atoms with Crippen LogP contribution in [0.4, 0.5) is 4.79 Å². The fourth-order valence-corrected chi connectivity index (χ4v) is 1.19. The summed E-state index contributed by atoms with van der Waals surface area (Å²) < 4.78 is 4.75. The van der Waals surface area contributed by atoms with E-state index in [1.807, 2.05) is 0 Å². The standard InChI is InChI=1S/C10H16N4O4/c15-9(16)6-18-4-3-13-10(17)12-2-1-8-5-11-7-14-8/h5,7H,1-4,6H2,(H,11,14)(H,15,16)(H2,12,13,17). The number of urea groups is 1. The van der Waals surface area contributed by atoms with Crippen LogP contribution >= 0.6 is 0 Å². The summed E-state index contributed by atoms with van der Waals surface area (Å²) in [5.74, 6) is -1.03. The molecule has 8 heteroatoms. The Balaban J connectivity index is 1.95. The molecule has 100 valence electrons. The quantitative estimate of drug-likeness (QED) is 0.461. The molecule has 2 amide bonds. The summed E-state index contributed by atoms with van der Waals surface area (Å²) in [5, 5.41) is 13.5. The van der Waals surface area contributed by atoms with Gasteiger partial charge in [0.15, 0.2) is 0 Å². The molecule has 0 aromatic carbocycles. The molecule has 0 aliphatic rings. The Bertz CT molecular complexity index is 366. The van der Waals surface area contributed by atoms with Crippen LogP contribution in [0.2, 0.25) is 0 Å². The van der Waals surface area contributed by atoms with Gasteiger partial charge in [0.05, 0.1) is 12.9 Å². The zero-order valence-electron chi connectivity index (χ0n) is 9.81. The zero-order valence-corrected chi connectivity index (χ0v) is 9.81. The highest BCUT2D eigenvalue weighted by atomic mass is 16.5. The molecule has 1 rings (SSSR count). The van der Waals surface area contributed by atoms with Crippen molar-refractivity contribution >= 4 is 12.0 Å². The van der Waals surface area contributed by atoms with E-state index in [0.29, 0.717) is 13.0 Å². The van der Waals surface area contributed by atoms with Crippen LogP contribution in [0.3, 0.4) is 0 Å². The van der Waals surface area contributed by atoms with Gasteiger partial charge in [-0.15, -0.1) is 0 Å². The number of imidazole rings is 1. The van der Waals surface area contributed by atoms with Gasteiger partial charge in [-0.2, -0.15) is 0 Å². The Hall–Kier alpha value is -2.09. The summed E-state index contributed by atoms with van der Waals surface area (Å²) in [6, 6.07) is -0.312. The van der Waals surface area contributed by atoms with E-state index in [0.717, 1.165) is 5.69 Å². The molecule has 0 aliphatic carbocycles. The average Bonchev–Trinajstić information content (AvgIpc) is 2.81. The highest BCUT2D eigenvalue weighted by Gasteiger charge is 2.00. The second-order valence-electron chi connectivity index (χ2n) is 3.46. The molecule has 1 aromatic heterocycles. The van der Waals surface area contributed by atoms with Crippen molar-refractivity contribution in [1.82, 2.24) is 20.6 Å². The van der Waals surface area contributed by atoms with Crippen LogP contribution in [0.5, 0.6) is 0 Å². The molecule has 0 aliphatic heterocycles. The van der Waals surface area contributed by atoms with E-state index in [1.54, 1.807) is 12.5 Å². The second-order valence-corrected chi connectivity index (χ2v) is 3.46. The van der Waals surface area contributed by atoms with Crippen LogP contribution in [0.25, 0.3) is 0 Å². The SMILES string of the molecule is O=C(O)COCCNC(=O)NCCc1cnc[nH]1. The van der Waals surface area contributed by atoms with Crippen LogP contribution < -0.4 is 10.6 Å². The number of carbonyl (C=O) groups is 2. The van der Waals surface area contributed by atoms with Gasteiger partial charge in [0.1, 0.15) is 6.61 Å². The van der Waals surface area contributed by atoms with Gasteiger partial charge in [0.25, 0.3) is 0 Å². The lowest BCUT2D eigenvalue weighted by molar-refractivity contribution is -0.142. The first-order chi connectivity index (χ1) is 8.68. The molecule has 1 aromatic rings. The average molecular weight is 256 g/mol. The predicted octanol–water partition coefficient (Wildman–Crippen LogP) is -0.647. The lowest BCUT2D eigenvalue weighted by Crippen LogP contribution is -2.38. The van der Waals surface area contributed by atoms with E-state index in [4.69, 9.17) is 9.84 Å². The highest BCUT2D eigenvalue weighted by molar-refractivity contribution is 5.73. The number of carboxylic acids is 1. The second kappa shape index (κ2) is 8.07. The van der Waals surface area contributed by atoms with Crippen molar-refractivity contribution in [3.8, 4) is 0 Å². The number of rotatable bonds is 8. The van der Waals surface area contributed by atoms with Gasteiger partial charge >= 0.3 is 12.0 Å². The number of amides is 2. The third-order valence-electron chi connectivity index (χ3n) is 1.99. The fraction of sp³-hybridized carbons (Fsp3) is 0.500. The molecule has 0 atom stereocenters. The Labute approximate surface area is 104 Å². The number of hydrogen-bond acceptors (Lipinski definition) is 4. The molecule has 4 N–H and O–H groups in total. The molecule has 0 fully saturated rings. The lowest BCUT2D eigenvalue weighted by atomic mass is 10.3. The molecular weight excluding hydrogens is 240 g/mol. The van der Waals surface area contributed by atoms with E-state index < -0.39 is 5.97 Å². The predicted molar refractivity (Wildman–Crippen MR) is 62.1 cm³/mol. The number of aromatic amines is 1.